The second-order valence-corrected chi connectivity index (χ2v) is 6.08. The Morgan fingerprint density at radius 1 is 1.39 bits per heavy atom. The van der Waals surface area contributed by atoms with Gasteiger partial charge in [-0.15, -0.1) is 0 Å². The van der Waals surface area contributed by atoms with Crippen molar-refractivity contribution in [2.24, 2.45) is 5.92 Å². The van der Waals surface area contributed by atoms with Crippen molar-refractivity contribution < 1.29 is 19.4 Å². The molecule has 2 unspecified atom stereocenters. The first-order valence-electron chi connectivity index (χ1n) is 7.82. The number of carbonyl (C=O) groups is 2. The van der Waals surface area contributed by atoms with Gasteiger partial charge in [0.25, 0.3) is 0 Å². The Labute approximate surface area is 136 Å². The first kappa shape index (κ1) is 17.3. The predicted molar refractivity (Wildman–Crippen MR) is 86.1 cm³/mol. The van der Waals surface area contributed by atoms with Gasteiger partial charge >= 0.3 is 12.0 Å². The van der Waals surface area contributed by atoms with Gasteiger partial charge in [0.1, 0.15) is 5.60 Å². The van der Waals surface area contributed by atoms with Crippen molar-refractivity contribution in [2.45, 2.75) is 25.4 Å². The van der Waals surface area contributed by atoms with Crippen LogP contribution < -0.4 is 5.32 Å². The maximum absolute atomic E-state index is 12.3. The molecule has 6 heteroatoms. The molecule has 0 aliphatic carbocycles. The third kappa shape index (κ3) is 4.22. The topological polar surface area (TPSA) is 78.9 Å². The van der Waals surface area contributed by atoms with Crippen LogP contribution in [0.15, 0.2) is 30.3 Å². The molecule has 1 saturated heterocycles. The number of urea groups is 1. The lowest BCUT2D eigenvalue weighted by molar-refractivity contribution is -0.143. The molecule has 1 fully saturated rings. The Morgan fingerprint density at radius 3 is 2.70 bits per heavy atom. The number of hydrogen-bond acceptors (Lipinski definition) is 3. The minimum absolute atomic E-state index is 0.241. The molecule has 2 N–H and O–H groups in total. The van der Waals surface area contributed by atoms with E-state index < -0.39 is 17.5 Å². The van der Waals surface area contributed by atoms with Gasteiger partial charge in [0.2, 0.25) is 0 Å². The van der Waals surface area contributed by atoms with Crippen LogP contribution in [0.2, 0.25) is 0 Å². The number of rotatable bonds is 5. The van der Waals surface area contributed by atoms with Crippen molar-refractivity contribution in [3.05, 3.63) is 35.9 Å². The Kier molecular flexibility index (Phi) is 5.60. The number of hydrogen-bond donors (Lipinski definition) is 2. The molecule has 1 heterocycles. The van der Waals surface area contributed by atoms with Gasteiger partial charge in [0.15, 0.2) is 0 Å². The molecule has 1 aromatic rings. The number of aliphatic carboxylic acids is 1. The van der Waals surface area contributed by atoms with E-state index in [4.69, 9.17) is 9.84 Å². The molecule has 0 spiro atoms. The van der Waals surface area contributed by atoms with Crippen LogP contribution in [-0.4, -0.2) is 48.8 Å². The summed E-state index contributed by atoms with van der Waals surface area (Å²) in [6.07, 6.45) is 1.34. The molecule has 0 radical (unpaired) electrons. The molecule has 1 aromatic carbocycles. The molecule has 1 aliphatic heterocycles. The van der Waals surface area contributed by atoms with E-state index in [1.807, 2.05) is 37.3 Å². The van der Waals surface area contributed by atoms with E-state index >= 15 is 0 Å². The Morgan fingerprint density at radius 2 is 2.09 bits per heavy atom. The molecule has 0 aromatic heterocycles. The van der Waals surface area contributed by atoms with Crippen LogP contribution >= 0.6 is 0 Å². The number of nitrogens with zero attached hydrogens (tertiary/aromatic N) is 1. The van der Waals surface area contributed by atoms with Crippen molar-refractivity contribution in [2.75, 3.05) is 26.7 Å². The summed E-state index contributed by atoms with van der Waals surface area (Å²) in [5.41, 5.74) is 0.351. The van der Waals surface area contributed by atoms with Gasteiger partial charge in [-0.1, -0.05) is 30.3 Å². The molecule has 126 valence electrons. The summed E-state index contributed by atoms with van der Waals surface area (Å²) < 4.78 is 5.59. The van der Waals surface area contributed by atoms with Gasteiger partial charge < -0.3 is 20.1 Å². The number of nitrogens with one attached hydrogen (secondary N) is 1. The molecule has 0 saturated carbocycles. The molecule has 6 nitrogen and oxygen atoms in total. The standard InChI is InChI=1S/C17H24N2O4/c1-17(23-2,14-8-4-3-5-9-14)12-18-16(22)19-10-6-7-13(11-19)15(20)21/h3-5,8-9,13H,6-7,10-12H2,1-2H3,(H,18,22)(H,20,21). The first-order valence-corrected chi connectivity index (χ1v) is 7.82. The number of ether oxygens (including phenoxy) is 1. The fraction of sp³-hybridized carbons (Fsp3) is 0.529. The highest BCUT2D eigenvalue weighted by molar-refractivity contribution is 5.76. The summed E-state index contributed by atoms with van der Waals surface area (Å²) in [5.74, 6) is -1.31. The van der Waals surface area contributed by atoms with Crippen molar-refractivity contribution >= 4 is 12.0 Å². The van der Waals surface area contributed by atoms with Crippen LogP contribution in [0.5, 0.6) is 0 Å². The quantitative estimate of drug-likeness (QED) is 0.870. The highest BCUT2D eigenvalue weighted by atomic mass is 16.5. The van der Waals surface area contributed by atoms with Crippen LogP contribution in [0.25, 0.3) is 0 Å². The largest absolute Gasteiger partial charge is 0.481 e. The number of carbonyl (C=O) groups excluding carboxylic acids is 1. The zero-order chi connectivity index (χ0) is 16.9. The van der Waals surface area contributed by atoms with Gasteiger partial charge in [-0.05, 0) is 25.3 Å². The lowest BCUT2D eigenvalue weighted by Crippen LogP contribution is -2.50. The van der Waals surface area contributed by atoms with Crippen molar-refractivity contribution in [1.82, 2.24) is 10.2 Å². The van der Waals surface area contributed by atoms with E-state index in [2.05, 4.69) is 5.32 Å². The smallest absolute Gasteiger partial charge is 0.317 e. The molecule has 2 amide bonds. The van der Waals surface area contributed by atoms with Crippen molar-refractivity contribution in [1.29, 1.82) is 0 Å². The monoisotopic (exact) mass is 320 g/mol. The van der Waals surface area contributed by atoms with Crippen LogP contribution in [0.3, 0.4) is 0 Å². The molecule has 0 bridgehead atoms. The normalized spacial score (nSPS) is 20.6. The van der Waals surface area contributed by atoms with E-state index in [0.29, 0.717) is 25.9 Å². The van der Waals surface area contributed by atoms with E-state index in [1.54, 1.807) is 12.0 Å². The van der Waals surface area contributed by atoms with Crippen molar-refractivity contribution in [3.63, 3.8) is 0 Å². The molecular weight excluding hydrogens is 296 g/mol. The second kappa shape index (κ2) is 7.46. The number of methoxy groups -OCH3 is 1. The Hall–Kier alpha value is -2.08. The average molecular weight is 320 g/mol. The summed E-state index contributed by atoms with van der Waals surface area (Å²) in [5, 5.41) is 12.0. The zero-order valence-electron chi connectivity index (χ0n) is 13.6. The predicted octanol–water partition coefficient (Wildman–Crippen LogP) is 2.05. The third-order valence-electron chi connectivity index (χ3n) is 4.47. The summed E-state index contributed by atoms with van der Waals surface area (Å²) in [7, 11) is 1.61. The zero-order valence-corrected chi connectivity index (χ0v) is 13.6. The number of likely N-dealkylation sites (tertiary alicyclic amines) is 1. The lowest BCUT2D eigenvalue weighted by Gasteiger charge is -2.33. The van der Waals surface area contributed by atoms with Crippen LogP contribution in [0, 0.1) is 5.92 Å². The van der Waals surface area contributed by atoms with Gasteiger partial charge in [-0.3, -0.25) is 4.79 Å². The van der Waals surface area contributed by atoms with Gasteiger partial charge in [-0.25, -0.2) is 4.79 Å². The fourth-order valence-electron chi connectivity index (χ4n) is 2.80. The molecular formula is C17H24N2O4. The SMILES string of the molecule is COC(C)(CNC(=O)N1CCCC(C(=O)O)C1)c1ccccc1. The highest BCUT2D eigenvalue weighted by Gasteiger charge is 2.31. The minimum Gasteiger partial charge on any atom is -0.481 e. The van der Waals surface area contributed by atoms with Crippen LogP contribution in [0.4, 0.5) is 4.79 Å². The second-order valence-electron chi connectivity index (χ2n) is 6.08. The number of piperidine rings is 1. The van der Waals surface area contributed by atoms with E-state index in [9.17, 15) is 9.59 Å². The molecule has 1 aliphatic rings. The number of amides is 2. The average Bonchev–Trinajstić information content (AvgIpc) is 2.60. The summed E-state index contributed by atoms with van der Waals surface area (Å²) in [6.45, 7) is 3.08. The first-order chi connectivity index (χ1) is 11.0. The van der Waals surface area contributed by atoms with Crippen molar-refractivity contribution in [3.8, 4) is 0 Å². The van der Waals surface area contributed by atoms with E-state index in [-0.39, 0.29) is 12.6 Å². The van der Waals surface area contributed by atoms with Gasteiger partial charge in [0.05, 0.1) is 12.5 Å². The van der Waals surface area contributed by atoms with Crippen LogP contribution in [-0.2, 0) is 15.1 Å². The Bertz CT molecular complexity index is 549. The Balaban J connectivity index is 1.96. The fourth-order valence-corrected chi connectivity index (χ4v) is 2.80. The molecule has 2 rings (SSSR count). The highest BCUT2D eigenvalue weighted by Crippen LogP contribution is 2.24. The number of carboxylic acids is 1. The third-order valence-corrected chi connectivity index (χ3v) is 4.47. The summed E-state index contributed by atoms with van der Waals surface area (Å²) in [4.78, 5) is 25.0. The number of benzene rings is 1. The van der Waals surface area contributed by atoms with E-state index in [1.165, 1.54) is 0 Å². The summed E-state index contributed by atoms with van der Waals surface area (Å²) >= 11 is 0. The number of carboxylic acid groups (broad SMARTS) is 1. The molecule has 2 atom stereocenters. The van der Waals surface area contributed by atoms with Crippen LogP contribution in [0.1, 0.15) is 25.3 Å². The molecule has 23 heavy (non-hydrogen) atoms. The maximum Gasteiger partial charge on any atom is 0.317 e. The minimum atomic E-state index is -0.839. The van der Waals surface area contributed by atoms with Gasteiger partial charge in [-0.2, -0.15) is 0 Å². The van der Waals surface area contributed by atoms with Gasteiger partial charge in [0, 0.05) is 20.2 Å². The maximum atomic E-state index is 12.3. The van der Waals surface area contributed by atoms with E-state index in [0.717, 1.165) is 5.56 Å². The lowest BCUT2D eigenvalue weighted by atomic mass is 9.95. The summed E-state index contributed by atoms with van der Waals surface area (Å²) in [6, 6.07) is 9.45.